The highest BCUT2D eigenvalue weighted by Crippen LogP contribution is 2.46. The summed E-state index contributed by atoms with van der Waals surface area (Å²) in [5.41, 5.74) is -1.18. The lowest BCUT2D eigenvalue weighted by Crippen LogP contribution is -2.47. The van der Waals surface area contributed by atoms with E-state index in [-0.39, 0.29) is 68.5 Å². The minimum atomic E-state index is -1.65. The van der Waals surface area contributed by atoms with E-state index in [9.17, 15) is 44.1 Å². The highest BCUT2D eigenvalue weighted by molar-refractivity contribution is 6.30. The van der Waals surface area contributed by atoms with Gasteiger partial charge < -0.3 is 34.3 Å². The summed E-state index contributed by atoms with van der Waals surface area (Å²) in [4.78, 5) is 78.7. The second kappa shape index (κ2) is 10.3. The number of phenols is 2. The van der Waals surface area contributed by atoms with Crippen LogP contribution in [0.3, 0.4) is 0 Å². The number of hydrogen-bond donors (Lipinski definition) is 3. The Labute approximate surface area is 260 Å². The van der Waals surface area contributed by atoms with Gasteiger partial charge in [0.05, 0.1) is 55.0 Å². The first-order chi connectivity index (χ1) is 21.8. The first-order valence-electron chi connectivity index (χ1n) is 14.5. The van der Waals surface area contributed by atoms with E-state index < -0.39 is 83.2 Å². The molecule has 3 N–H and O–H groups in total. The van der Waals surface area contributed by atoms with E-state index in [1.165, 1.54) is 25.1 Å². The van der Waals surface area contributed by atoms with Gasteiger partial charge in [-0.15, -0.1) is 0 Å². The number of esters is 2. The van der Waals surface area contributed by atoms with Crippen LogP contribution in [-0.4, -0.2) is 94.1 Å². The summed E-state index contributed by atoms with van der Waals surface area (Å²) in [5.74, 6) is -5.27. The molecule has 2 aromatic rings. The number of ether oxygens (including phenoxy) is 4. The summed E-state index contributed by atoms with van der Waals surface area (Å²) in [6, 6.07) is 4.97. The Morgan fingerprint density at radius 1 is 0.783 bits per heavy atom. The van der Waals surface area contributed by atoms with Crippen LogP contribution in [0.4, 0.5) is 0 Å². The predicted octanol–water partition coefficient (Wildman–Crippen LogP) is 1.93. The van der Waals surface area contributed by atoms with Crippen molar-refractivity contribution < 1.29 is 63.0 Å². The lowest BCUT2D eigenvalue weighted by atomic mass is 9.75. The van der Waals surface area contributed by atoms with E-state index in [1.54, 1.807) is 6.92 Å². The maximum atomic E-state index is 13.8. The number of carbonyl (C=O) groups excluding carboxylic acids is 6. The topological polar surface area (TPSA) is 200 Å². The molecular formula is C33H26O13. The first-order valence-corrected chi connectivity index (χ1v) is 14.5. The zero-order valence-corrected chi connectivity index (χ0v) is 24.6. The third-order valence-corrected chi connectivity index (χ3v) is 9.13. The molecule has 0 radical (unpaired) electrons. The monoisotopic (exact) mass is 630 g/mol. The SMILES string of the molecule is COC(=O)C[C@@H]1O[C@@H](C)C2=C(C(=O)c3c(O)cc(-c4cc(O)c5c(c4)C(=O)C4=C(C5=O)[C@H]5OC(=O)C[C@@H]5O[C@H]4C)cc3C2=O)[C@@H]1O. The van der Waals surface area contributed by atoms with E-state index in [4.69, 9.17) is 14.2 Å². The van der Waals surface area contributed by atoms with Crippen LogP contribution in [0.15, 0.2) is 46.6 Å². The van der Waals surface area contributed by atoms with Gasteiger partial charge in [-0.05, 0) is 49.2 Å². The molecule has 7 rings (SSSR count). The van der Waals surface area contributed by atoms with Crippen LogP contribution >= 0.6 is 0 Å². The lowest BCUT2D eigenvalue weighted by molar-refractivity contribution is -0.148. The Morgan fingerprint density at radius 3 is 1.87 bits per heavy atom. The molecule has 1 saturated heterocycles. The number of fused-ring (bicyclic) bond motifs is 4. The predicted molar refractivity (Wildman–Crippen MR) is 152 cm³/mol. The van der Waals surface area contributed by atoms with Crippen molar-refractivity contribution in [3.63, 3.8) is 0 Å². The molecule has 0 amide bonds. The number of phenolic OH excluding ortho intramolecular Hbond substituents is 2. The van der Waals surface area contributed by atoms with Crippen LogP contribution in [0.25, 0.3) is 11.1 Å². The van der Waals surface area contributed by atoms with Gasteiger partial charge in [-0.2, -0.15) is 0 Å². The molecule has 1 fully saturated rings. The summed E-state index contributed by atoms with van der Waals surface area (Å²) in [6.45, 7) is 3.06. The highest BCUT2D eigenvalue weighted by atomic mass is 16.6. The zero-order valence-electron chi connectivity index (χ0n) is 24.6. The Hall–Kier alpha value is -4.98. The molecule has 0 bridgehead atoms. The molecule has 2 aromatic carbocycles. The molecule has 0 saturated carbocycles. The standard InChI is InChI=1S/C33H26O13/c1-10-22-26(30(40)18(44-10)8-20(36)43-3)31(41)24-14(28(22)38)4-12(6-16(24)34)13-5-15-25(17(35)7-13)32(42)27-23(29(15)39)11(2)45-19-9-21(37)46-33(19)27/h4-7,10-11,18-19,30,33-35,40H,8-9H2,1-3H3/t10-,11-,18-,19-,30+,33-/m0/s1. The maximum Gasteiger partial charge on any atom is 0.309 e. The van der Waals surface area contributed by atoms with Crippen molar-refractivity contribution in [3.05, 3.63) is 68.8 Å². The number of hydrogen-bond acceptors (Lipinski definition) is 13. The van der Waals surface area contributed by atoms with Crippen molar-refractivity contribution in [1.29, 1.82) is 0 Å². The molecule has 0 aromatic heterocycles. The number of aliphatic hydroxyl groups is 1. The summed E-state index contributed by atoms with van der Waals surface area (Å²) < 4.78 is 21.5. The van der Waals surface area contributed by atoms with E-state index >= 15 is 0 Å². The summed E-state index contributed by atoms with van der Waals surface area (Å²) in [5, 5.41) is 33.1. The molecule has 6 atom stereocenters. The number of rotatable bonds is 3. The van der Waals surface area contributed by atoms with Crippen molar-refractivity contribution >= 4 is 35.1 Å². The van der Waals surface area contributed by atoms with Gasteiger partial charge in [-0.25, -0.2) is 0 Å². The summed E-state index contributed by atoms with van der Waals surface area (Å²) in [6.07, 6.45) is -6.94. The number of aromatic hydroxyl groups is 2. The van der Waals surface area contributed by atoms with Gasteiger partial charge in [0.25, 0.3) is 0 Å². The number of benzene rings is 2. The number of carbonyl (C=O) groups is 6. The first kappa shape index (κ1) is 29.7. The molecule has 13 heteroatoms. The number of aliphatic hydroxyl groups excluding tert-OH is 1. The molecule has 46 heavy (non-hydrogen) atoms. The average Bonchev–Trinajstić information content (AvgIpc) is 3.38. The van der Waals surface area contributed by atoms with E-state index in [0.29, 0.717) is 0 Å². The normalized spacial score (nSPS) is 28.3. The van der Waals surface area contributed by atoms with Gasteiger partial charge in [0.2, 0.25) is 0 Å². The third-order valence-electron chi connectivity index (χ3n) is 9.13. The van der Waals surface area contributed by atoms with Crippen LogP contribution < -0.4 is 0 Å². The average molecular weight is 631 g/mol. The minimum Gasteiger partial charge on any atom is -0.507 e. The Kier molecular flexibility index (Phi) is 6.64. The number of Topliss-reactive ketones (excluding diaryl/α,β-unsaturated/α-hetero) is 4. The molecule has 2 aliphatic carbocycles. The van der Waals surface area contributed by atoms with Crippen LogP contribution in [0.1, 0.15) is 68.1 Å². The van der Waals surface area contributed by atoms with E-state index in [2.05, 4.69) is 4.74 Å². The van der Waals surface area contributed by atoms with Gasteiger partial charge >= 0.3 is 11.9 Å². The Balaban J connectivity index is 1.30. The van der Waals surface area contributed by atoms with Crippen molar-refractivity contribution in [2.45, 2.75) is 63.3 Å². The van der Waals surface area contributed by atoms with Crippen LogP contribution in [0, 0.1) is 0 Å². The van der Waals surface area contributed by atoms with E-state index in [1.807, 2.05) is 0 Å². The fourth-order valence-corrected chi connectivity index (χ4v) is 7.08. The Morgan fingerprint density at radius 2 is 1.30 bits per heavy atom. The second-order valence-electron chi connectivity index (χ2n) is 11.8. The minimum absolute atomic E-state index is 0.00822. The van der Waals surface area contributed by atoms with E-state index in [0.717, 1.165) is 13.2 Å². The molecule has 236 valence electrons. The van der Waals surface area contributed by atoms with Gasteiger partial charge in [0.1, 0.15) is 23.7 Å². The van der Waals surface area contributed by atoms with Crippen molar-refractivity contribution in [3.8, 4) is 22.6 Å². The Bertz CT molecular complexity index is 1910. The smallest absolute Gasteiger partial charge is 0.309 e. The van der Waals surface area contributed by atoms with Gasteiger partial charge in [0.15, 0.2) is 29.2 Å². The lowest BCUT2D eigenvalue weighted by Gasteiger charge is -2.37. The third kappa shape index (κ3) is 4.12. The number of methoxy groups -OCH3 is 1. The molecule has 13 nitrogen and oxygen atoms in total. The van der Waals surface area contributed by atoms with Crippen molar-refractivity contribution in [2.75, 3.05) is 7.11 Å². The number of ketones is 4. The zero-order chi connectivity index (χ0) is 32.9. The molecule has 3 aliphatic heterocycles. The van der Waals surface area contributed by atoms with Crippen LogP contribution in [0.5, 0.6) is 11.5 Å². The molecule has 5 aliphatic rings. The molecule has 0 spiro atoms. The van der Waals surface area contributed by atoms with Gasteiger partial charge in [-0.1, -0.05) is 0 Å². The van der Waals surface area contributed by atoms with Crippen LogP contribution in [-0.2, 0) is 28.5 Å². The van der Waals surface area contributed by atoms with Crippen molar-refractivity contribution in [1.82, 2.24) is 0 Å². The fourth-order valence-electron chi connectivity index (χ4n) is 7.08. The van der Waals surface area contributed by atoms with Gasteiger partial charge in [-0.3, -0.25) is 28.8 Å². The summed E-state index contributed by atoms with van der Waals surface area (Å²) >= 11 is 0. The summed E-state index contributed by atoms with van der Waals surface area (Å²) in [7, 11) is 1.16. The largest absolute Gasteiger partial charge is 0.507 e. The molecular weight excluding hydrogens is 604 g/mol. The fraction of sp³-hybridized carbons (Fsp3) is 0.333. The van der Waals surface area contributed by atoms with Crippen LogP contribution in [0.2, 0.25) is 0 Å². The molecule has 3 heterocycles. The quantitative estimate of drug-likeness (QED) is 0.416. The maximum absolute atomic E-state index is 13.8. The second-order valence-corrected chi connectivity index (χ2v) is 11.8. The van der Waals surface area contributed by atoms with Gasteiger partial charge in [0, 0.05) is 27.8 Å². The molecule has 0 unspecified atom stereocenters. The van der Waals surface area contributed by atoms with Crippen molar-refractivity contribution in [2.24, 2.45) is 0 Å². The highest BCUT2D eigenvalue weighted by Gasteiger charge is 2.52.